The van der Waals surface area contributed by atoms with E-state index >= 15 is 0 Å². The molecule has 0 saturated heterocycles. The molecule has 3 nitrogen and oxygen atoms in total. The van der Waals surface area contributed by atoms with Gasteiger partial charge in [0, 0.05) is 6.20 Å². The maximum absolute atomic E-state index is 13.4. The average Bonchev–Trinajstić information content (AvgIpc) is 2.39. The first-order chi connectivity index (χ1) is 9.00. The molecule has 0 radical (unpaired) electrons. The normalized spacial score (nSPS) is 10.3. The minimum atomic E-state index is -1.68. The summed E-state index contributed by atoms with van der Waals surface area (Å²) in [6.07, 6.45) is 1.48. The summed E-state index contributed by atoms with van der Waals surface area (Å²) < 4.78 is 39.5. The molecule has 0 aliphatic rings. The van der Waals surface area contributed by atoms with Crippen molar-refractivity contribution >= 4 is 27.5 Å². The summed E-state index contributed by atoms with van der Waals surface area (Å²) >= 11 is 3.09. The molecular formula is C12H6BrF3N2O. The predicted octanol–water partition coefficient (Wildman–Crippen LogP) is 3.51. The number of hydrogen-bond donors (Lipinski definition) is 1. The van der Waals surface area contributed by atoms with Crippen molar-refractivity contribution in [2.45, 2.75) is 0 Å². The van der Waals surface area contributed by atoms with Crippen LogP contribution in [0.1, 0.15) is 10.4 Å². The van der Waals surface area contributed by atoms with Crippen LogP contribution in [0.15, 0.2) is 35.1 Å². The Bertz CT molecular complexity index is 649. The molecule has 1 amide bonds. The lowest BCUT2D eigenvalue weighted by atomic mass is 10.2. The number of amides is 1. The average molecular weight is 331 g/mol. The van der Waals surface area contributed by atoms with Crippen LogP contribution in [0, 0.1) is 17.5 Å². The lowest BCUT2D eigenvalue weighted by Crippen LogP contribution is -2.15. The lowest BCUT2D eigenvalue weighted by molar-refractivity contribution is 0.102. The van der Waals surface area contributed by atoms with Crippen molar-refractivity contribution in [1.82, 2.24) is 4.98 Å². The zero-order valence-electron chi connectivity index (χ0n) is 9.25. The van der Waals surface area contributed by atoms with Crippen molar-refractivity contribution in [3.63, 3.8) is 0 Å². The number of carbonyl (C=O) groups is 1. The van der Waals surface area contributed by atoms with Crippen molar-refractivity contribution < 1.29 is 18.0 Å². The summed E-state index contributed by atoms with van der Waals surface area (Å²) in [4.78, 5) is 15.6. The number of pyridine rings is 1. The molecule has 0 aliphatic carbocycles. The van der Waals surface area contributed by atoms with Crippen LogP contribution in [0.4, 0.5) is 18.9 Å². The van der Waals surface area contributed by atoms with Crippen molar-refractivity contribution in [2.24, 2.45) is 0 Å². The smallest absolute Gasteiger partial charge is 0.258 e. The van der Waals surface area contributed by atoms with E-state index in [0.717, 1.165) is 6.07 Å². The van der Waals surface area contributed by atoms with E-state index in [2.05, 4.69) is 26.2 Å². The highest BCUT2D eigenvalue weighted by molar-refractivity contribution is 9.10. The van der Waals surface area contributed by atoms with Crippen LogP contribution in [0.2, 0.25) is 0 Å². The Morgan fingerprint density at radius 3 is 2.58 bits per heavy atom. The van der Waals surface area contributed by atoms with E-state index in [1.807, 2.05) is 0 Å². The second-order valence-corrected chi connectivity index (χ2v) is 4.27. The van der Waals surface area contributed by atoms with Gasteiger partial charge in [-0.05, 0) is 40.2 Å². The number of aromatic nitrogens is 1. The van der Waals surface area contributed by atoms with Crippen LogP contribution in [-0.2, 0) is 0 Å². The highest BCUT2D eigenvalue weighted by atomic mass is 79.9. The van der Waals surface area contributed by atoms with Gasteiger partial charge >= 0.3 is 0 Å². The third-order valence-electron chi connectivity index (χ3n) is 2.29. The number of halogens is 4. The fraction of sp³-hybridized carbons (Fsp3) is 0. The van der Waals surface area contributed by atoms with E-state index in [1.54, 1.807) is 6.07 Å². The van der Waals surface area contributed by atoms with E-state index in [0.29, 0.717) is 10.7 Å². The van der Waals surface area contributed by atoms with Gasteiger partial charge in [-0.25, -0.2) is 18.2 Å². The van der Waals surface area contributed by atoms with Crippen LogP contribution in [0.25, 0.3) is 0 Å². The summed E-state index contributed by atoms with van der Waals surface area (Å²) in [6.45, 7) is 0. The van der Waals surface area contributed by atoms with Crippen molar-refractivity contribution in [1.29, 1.82) is 0 Å². The van der Waals surface area contributed by atoms with Gasteiger partial charge in [0.25, 0.3) is 5.91 Å². The zero-order valence-corrected chi connectivity index (χ0v) is 10.8. The summed E-state index contributed by atoms with van der Waals surface area (Å²) in [6, 6.07) is 4.63. The number of benzene rings is 1. The number of nitrogens with one attached hydrogen (secondary N) is 1. The first-order valence-corrected chi connectivity index (χ1v) is 5.85. The second kappa shape index (κ2) is 5.40. The molecule has 1 aromatic carbocycles. The Morgan fingerprint density at radius 1 is 1.16 bits per heavy atom. The molecule has 0 spiro atoms. The Morgan fingerprint density at radius 2 is 1.89 bits per heavy atom. The summed E-state index contributed by atoms with van der Waals surface area (Å²) in [5, 5.41) is 2.34. The number of anilines is 1. The Kier molecular flexibility index (Phi) is 3.84. The van der Waals surface area contributed by atoms with Gasteiger partial charge in [0.05, 0.1) is 11.3 Å². The molecule has 98 valence electrons. The Labute approximate surface area is 114 Å². The first kappa shape index (κ1) is 13.5. The topological polar surface area (TPSA) is 42.0 Å². The van der Waals surface area contributed by atoms with E-state index in [9.17, 15) is 18.0 Å². The van der Waals surface area contributed by atoms with Gasteiger partial charge < -0.3 is 5.32 Å². The van der Waals surface area contributed by atoms with Gasteiger partial charge in [-0.3, -0.25) is 4.79 Å². The van der Waals surface area contributed by atoms with Crippen LogP contribution >= 0.6 is 15.9 Å². The molecule has 1 heterocycles. The van der Waals surface area contributed by atoms with Gasteiger partial charge in [-0.2, -0.15) is 0 Å². The number of nitrogens with zero attached hydrogens (tertiary/aromatic N) is 1. The largest absolute Gasteiger partial charge is 0.320 e. The molecule has 1 aromatic heterocycles. The van der Waals surface area contributed by atoms with Crippen molar-refractivity contribution in [3.05, 3.63) is 58.1 Å². The number of rotatable bonds is 2. The monoisotopic (exact) mass is 330 g/mol. The molecular weight excluding hydrogens is 325 g/mol. The molecule has 19 heavy (non-hydrogen) atoms. The second-order valence-electron chi connectivity index (χ2n) is 3.52. The molecule has 0 saturated carbocycles. The minimum Gasteiger partial charge on any atom is -0.320 e. The van der Waals surface area contributed by atoms with Gasteiger partial charge in [-0.15, -0.1) is 0 Å². The van der Waals surface area contributed by atoms with Gasteiger partial charge in [0.15, 0.2) is 17.5 Å². The number of carbonyl (C=O) groups excluding carboxylic acids is 1. The highest BCUT2D eigenvalue weighted by Gasteiger charge is 2.19. The van der Waals surface area contributed by atoms with Crippen LogP contribution in [0.3, 0.4) is 0 Å². The lowest BCUT2D eigenvalue weighted by Gasteiger charge is -2.07. The SMILES string of the molecule is O=C(Nc1cccnc1Br)c1ccc(F)c(F)c1F. The quantitative estimate of drug-likeness (QED) is 0.676. The zero-order chi connectivity index (χ0) is 14.0. The Hall–Kier alpha value is -1.89. The summed E-state index contributed by atoms with van der Waals surface area (Å²) in [5.74, 6) is -5.46. The molecule has 0 bridgehead atoms. The molecule has 0 atom stereocenters. The maximum Gasteiger partial charge on any atom is 0.258 e. The Balaban J connectivity index is 2.31. The molecule has 2 rings (SSSR count). The van der Waals surface area contributed by atoms with E-state index < -0.39 is 28.9 Å². The maximum atomic E-state index is 13.4. The fourth-order valence-corrected chi connectivity index (χ4v) is 1.72. The highest BCUT2D eigenvalue weighted by Crippen LogP contribution is 2.21. The summed E-state index contributed by atoms with van der Waals surface area (Å²) in [7, 11) is 0. The molecule has 1 N–H and O–H groups in total. The van der Waals surface area contributed by atoms with Crippen LogP contribution < -0.4 is 5.32 Å². The molecule has 2 aromatic rings. The first-order valence-electron chi connectivity index (χ1n) is 5.06. The predicted molar refractivity (Wildman–Crippen MR) is 66.2 cm³/mol. The van der Waals surface area contributed by atoms with Crippen molar-refractivity contribution in [2.75, 3.05) is 5.32 Å². The standard InChI is InChI=1S/C12H6BrF3N2O/c13-11-8(2-1-5-17-11)18-12(19)6-3-4-7(14)10(16)9(6)15/h1-5H,(H,18,19). The third kappa shape index (κ3) is 2.76. The van der Waals surface area contributed by atoms with Gasteiger partial charge in [0.1, 0.15) is 4.60 Å². The van der Waals surface area contributed by atoms with Crippen LogP contribution in [0.5, 0.6) is 0 Å². The van der Waals surface area contributed by atoms with E-state index in [4.69, 9.17) is 0 Å². The van der Waals surface area contributed by atoms with Gasteiger partial charge in [0.2, 0.25) is 0 Å². The molecule has 0 aliphatic heterocycles. The van der Waals surface area contributed by atoms with Gasteiger partial charge in [-0.1, -0.05) is 0 Å². The van der Waals surface area contributed by atoms with Crippen LogP contribution in [-0.4, -0.2) is 10.9 Å². The third-order valence-corrected chi connectivity index (χ3v) is 2.92. The minimum absolute atomic E-state index is 0.289. The van der Waals surface area contributed by atoms with Crippen molar-refractivity contribution in [3.8, 4) is 0 Å². The molecule has 7 heteroatoms. The number of hydrogen-bond acceptors (Lipinski definition) is 2. The molecule has 0 unspecified atom stereocenters. The van der Waals surface area contributed by atoms with E-state index in [1.165, 1.54) is 12.3 Å². The molecule has 0 fully saturated rings. The summed E-state index contributed by atoms with van der Waals surface area (Å²) in [5.41, 5.74) is -0.300. The van der Waals surface area contributed by atoms with E-state index in [-0.39, 0.29) is 5.69 Å². The fourth-order valence-electron chi connectivity index (χ4n) is 1.37.